The summed E-state index contributed by atoms with van der Waals surface area (Å²) in [5.41, 5.74) is 1.13. The van der Waals surface area contributed by atoms with Crippen molar-refractivity contribution in [1.82, 2.24) is 15.1 Å². The zero-order valence-electron chi connectivity index (χ0n) is 7.84. The van der Waals surface area contributed by atoms with Crippen molar-refractivity contribution in [3.8, 4) is 0 Å². The van der Waals surface area contributed by atoms with E-state index in [1.165, 1.54) is 17.5 Å². The average molecular weight is 181 g/mol. The third-order valence-corrected chi connectivity index (χ3v) is 2.64. The summed E-state index contributed by atoms with van der Waals surface area (Å²) in [6.07, 6.45) is 2.37. The third kappa shape index (κ3) is 1.67. The molecule has 1 saturated heterocycles. The van der Waals surface area contributed by atoms with E-state index in [-0.39, 0.29) is 5.56 Å². The van der Waals surface area contributed by atoms with E-state index >= 15 is 0 Å². The Bertz CT molecular complexity index is 333. The largest absolute Gasteiger partial charge is 0.316 e. The lowest BCUT2D eigenvalue weighted by Crippen LogP contribution is -2.28. The molecule has 72 valence electrons. The fourth-order valence-electron chi connectivity index (χ4n) is 1.84. The van der Waals surface area contributed by atoms with E-state index < -0.39 is 0 Å². The average Bonchev–Trinajstić information content (AvgIpc) is 2.49. The summed E-state index contributed by atoms with van der Waals surface area (Å²) in [7, 11) is 1.75. The molecule has 0 radical (unpaired) electrons. The molecule has 1 aromatic rings. The first-order valence-corrected chi connectivity index (χ1v) is 4.74. The van der Waals surface area contributed by atoms with Gasteiger partial charge in [-0.05, 0) is 19.4 Å². The van der Waals surface area contributed by atoms with Gasteiger partial charge in [-0.1, -0.05) is 0 Å². The van der Waals surface area contributed by atoms with Gasteiger partial charge in [-0.2, -0.15) is 0 Å². The summed E-state index contributed by atoms with van der Waals surface area (Å²) >= 11 is 0. The highest BCUT2D eigenvalue weighted by molar-refractivity contribution is 5.08. The number of nitrogens with one attached hydrogen (secondary N) is 2. The smallest absolute Gasteiger partial charge is 0.266 e. The summed E-state index contributed by atoms with van der Waals surface area (Å²) in [6, 6.07) is 1.71. The van der Waals surface area contributed by atoms with Gasteiger partial charge >= 0.3 is 0 Å². The maximum atomic E-state index is 11.2. The lowest BCUT2D eigenvalue weighted by molar-refractivity contribution is 0.451. The van der Waals surface area contributed by atoms with Gasteiger partial charge in [0.15, 0.2) is 0 Å². The van der Waals surface area contributed by atoms with Crippen LogP contribution >= 0.6 is 0 Å². The second-order valence-corrected chi connectivity index (χ2v) is 3.65. The number of H-pyrrole nitrogens is 1. The Kier molecular flexibility index (Phi) is 2.22. The molecule has 2 N–H and O–H groups in total. The summed E-state index contributed by atoms with van der Waals surface area (Å²) in [5.74, 6) is 0.489. The number of hydrogen-bond donors (Lipinski definition) is 2. The van der Waals surface area contributed by atoms with Crippen LogP contribution in [0.4, 0.5) is 0 Å². The first-order valence-electron chi connectivity index (χ1n) is 4.74. The van der Waals surface area contributed by atoms with Crippen molar-refractivity contribution in [2.75, 3.05) is 13.1 Å². The minimum absolute atomic E-state index is 0.0561. The molecule has 4 heteroatoms. The van der Waals surface area contributed by atoms with Crippen LogP contribution in [0.25, 0.3) is 0 Å². The van der Waals surface area contributed by atoms with Crippen LogP contribution in [0.2, 0.25) is 0 Å². The Balaban J connectivity index is 2.19. The van der Waals surface area contributed by atoms with Crippen LogP contribution in [0.15, 0.2) is 10.9 Å². The van der Waals surface area contributed by atoms with E-state index in [0.29, 0.717) is 5.92 Å². The molecule has 1 aliphatic heterocycles. The monoisotopic (exact) mass is 181 g/mol. The van der Waals surface area contributed by atoms with Gasteiger partial charge in [0.05, 0.1) is 0 Å². The third-order valence-electron chi connectivity index (χ3n) is 2.64. The minimum Gasteiger partial charge on any atom is -0.316 e. The molecule has 4 nitrogen and oxygen atoms in total. The van der Waals surface area contributed by atoms with Crippen molar-refractivity contribution >= 4 is 0 Å². The summed E-state index contributed by atoms with van der Waals surface area (Å²) in [5, 5.41) is 6.41. The zero-order valence-corrected chi connectivity index (χ0v) is 7.84. The predicted molar refractivity (Wildman–Crippen MR) is 50.9 cm³/mol. The molecule has 0 amide bonds. The van der Waals surface area contributed by atoms with Gasteiger partial charge < -0.3 is 5.32 Å². The Labute approximate surface area is 76.9 Å². The van der Waals surface area contributed by atoms with Crippen molar-refractivity contribution in [1.29, 1.82) is 0 Å². The maximum Gasteiger partial charge on any atom is 0.266 e. The summed E-state index contributed by atoms with van der Waals surface area (Å²) < 4.78 is 1.53. The molecule has 0 saturated carbocycles. The number of aromatic nitrogens is 2. The Morgan fingerprint density at radius 2 is 2.46 bits per heavy atom. The van der Waals surface area contributed by atoms with Crippen molar-refractivity contribution in [3.05, 3.63) is 22.1 Å². The van der Waals surface area contributed by atoms with Gasteiger partial charge in [-0.25, -0.2) is 0 Å². The molecule has 1 fully saturated rings. The Hall–Kier alpha value is -1.03. The van der Waals surface area contributed by atoms with Gasteiger partial charge in [-0.3, -0.25) is 14.6 Å². The molecule has 2 heterocycles. The molecule has 0 spiro atoms. The fourth-order valence-corrected chi connectivity index (χ4v) is 1.84. The minimum atomic E-state index is 0.0561. The summed E-state index contributed by atoms with van der Waals surface area (Å²) in [4.78, 5) is 11.2. The molecule has 1 unspecified atom stereocenters. The van der Waals surface area contributed by atoms with Crippen LogP contribution in [0.1, 0.15) is 24.5 Å². The van der Waals surface area contributed by atoms with Crippen LogP contribution in [-0.2, 0) is 7.05 Å². The highest BCUT2D eigenvalue weighted by atomic mass is 16.1. The molecule has 2 rings (SSSR count). The van der Waals surface area contributed by atoms with Crippen LogP contribution < -0.4 is 10.9 Å². The molecule has 1 aliphatic rings. The molecule has 13 heavy (non-hydrogen) atoms. The van der Waals surface area contributed by atoms with E-state index in [0.717, 1.165) is 18.8 Å². The van der Waals surface area contributed by atoms with E-state index in [1.807, 2.05) is 0 Å². The van der Waals surface area contributed by atoms with Gasteiger partial charge in [-0.15, -0.1) is 0 Å². The molecule has 0 aromatic carbocycles. The number of aromatic amines is 1. The number of piperidine rings is 1. The second-order valence-electron chi connectivity index (χ2n) is 3.65. The van der Waals surface area contributed by atoms with Crippen molar-refractivity contribution in [2.24, 2.45) is 7.05 Å². The van der Waals surface area contributed by atoms with Crippen LogP contribution in [0.3, 0.4) is 0 Å². The fraction of sp³-hybridized carbons (Fsp3) is 0.667. The van der Waals surface area contributed by atoms with Crippen LogP contribution in [0.5, 0.6) is 0 Å². The normalized spacial score (nSPS) is 23.3. The highest BCUT2D eigenvalue weighted by Crippen LogP contribution is 2.19. The number of hydrogen-bond acceptors (Lipinski definition) is 2. The molecular weight excluding hydrogens is 166 g/mol. The van der Waals surface area contributed by atoms with E-state index in [2.05, 4.69) is 10.4 Å². The quantitative estimate of drug-likeness (QED) is 0.649. The Morgan fingerprint density at radius 3 is 3.00 bits per heavy atom. The van der Waals surface area contributed by atoms with Gasteiger partial charge in [0.1, 0.15) is 0 Å². The molecule has 1 aromatic heterocycles. The number of rotatable bonds is 1. The van der Waals surface area contributed by atoms with Crippen molar-refractivity contribution < 1.29 is 0 Å². The van der Waals surface area contributed by atoms with E-state index in [1.54, 1.807) is 13.1 Å². The Morgan fingerprint density at radius 1 is 1.62 bits per heavy atom. The lowest BCUT2D eigenvalue weighted by Gasteiger charge is -2.21. The summed E-state index contributed by atoms with van der Waals surface area (Å²) in [6.45, 7) is 2.09. The first kappa shape index (κ1) is 8.56. The van der Waals surface area contributed by atoms with Crippen molar-refractivity contribution in [3.63, 3.8) is 0 Å². The predicted octanol–water partition coefficient (Wildman–Crippen LogP) is 0.180. The first-order chi connectivity index (χ1) is 6.27. The number of nitrogens with zero attached hydrogens (tertiary/aromatic N) is 1. The van der Waals surface area contributed by atoms with E-state index in [4.69, 9.17) is 0 Å². The van der Waals surface area contributed by atoms with Crippen molar-refractivity contribution in [2.45, 2.75) is 18.8 Å². The van der Waals surface area contributed by atoms with Gasteiger partial charge in [0.2, 0.25) is 0 Å². The topological polar surface area (TPSA) is 49.8 Å². The second kappa shape index (κ2) is 3.38. The highest BCUT2D eigenvalue weighted by Gasteiger charge is 2.16. The zero-order chi connectivity index (χ0) is 9.26. The molecule has 0 bridgehead atoms. The molecule has 1 atom stereocenters. The maximum absolute atomic E-state index is 11.2. The number of aryl methyl sites for hydroxylation is 1. The lowest BCUT2D eigenvalue weighted by atomic mass is 9.96. The standard InChI is InChI=1S/C9H15N3O/c1-12-9(13)5-8(11-12)7-3-2-4-10-6-7/h5,7,10-11H,2-4,6H2,1H3. The van der Waals surface area contributed by atoms with E-state index in [9.17, 15) is 4.79 Å². The molecule has 0 aliphatic carbocycles. The van der Waals surface area contributed by atoms with Gasteiger partial charge in [0.25, 0.3) is 5.56 Å². The van der Waals surface area contributed by atoms with Crippen LogP contribution in [-0.4, -0.2) is 22.9 Å². The molecular formula is C9H15N3O. The van der Waals surface area contributed by atoms with Gasteiger partial charge in [0, 0.05) is 31.3 Å². The SMILES string of the molecule is Cn1[nH]c(C2CCCNC2)cc1=O. The van der Waals surface area contributed by atoms with Crippen LogP contribution in [0, 0.1) is 0 Å².